The first-order chi connectivity index (χ1) is 10.6. The van der Waals surface area contributed by atoms with Crippen molar-refractivity contribution in [3.05, 3.63) is 41.3 Å². The highest BCUT2D eigenvalue weighted by Gasteiger charge is 2.15. The predicted molar refractivity (Wildman–Crippen MR) is 84.6 cm³/mol. The molecule has 0 saturated heterocycles. The Hall–Kier alpha value is -2.34. The van der Waals surface area contributed by atoms with Crippen LogP contribution in [0.2, 0.25) is 5.02 Å². The maximum atomic E-state index is 5.93. The average Bonchev–Trinajstić information content (AvgIpc) is 2.89. The van der Waals surface area contributed by atoms with E-state index in [1.54, 1.807) is 6.07 Å². The van der Waals surface area contributed by atoms with Crippen LogP contribution in [0.15, 0.2) is 35.1 Å². The molecule has 22 heavy (non-hydrogen) atoms. The van der Waals surface area contributed by atoms with Gasteiger partial charge in [-0.2, -0.15) is 4.98 Å². The number of fused-ring (bicyclic) bond motifs is 1. The molecule has 3 aromatic rings. The third-order valence-corrected chi connectivity index (χ3v) is 3.51. The van der Waals surface area contributed by atoms with Crippen molar-refractivity contribution in [2.24, 2.45) is 0 Å². The van der Waals surface area contributed by atoms with Crippen molar-refractivity contribution in [2.45, 2.75) is 6.92 Å². The Morgan fingerprint density at radius 2 is 2.18 bits per heavy atom. The summed E-state index contributed by atoms with van der Waals surface area (Å²) in [4.78, 5) is 10.4. The van der Waals surface area contributed by atoms with Gasteiger partial charge in [0.2, 0.25) is 0 Å². The lowest BCUT2D eigenvalue weighted by Crippen LogP contribution is -2.25. The Morgan fingerprint density at radius 3 is 3.00 bits per heavy atom. The summed E-state index contributed by atoms with van der Waals surface area (Å²) in [5.74, 6) is 1.52. The molecular weight excluding hydrogens is 304 g/mol. The Bertz CT molecular complexity index is 790. The minimum Gasteiger partial charge on any atom is -0.492 e. The van der Waals surface area contributed by atoms with Gasteiger partial charge in [0.15, 0.2) is 0 Å². The summed E-state index contributed by atoms with van der Waals surface area (Å²) in [5, 5.41) is 5.41. The molecule has 0 aliphatic carbocycles. The van der Waals surface area contributed by atoms with E-state index in [9.17, 15) is 0 Å². The van der Waals surface area contributed by atoms with Crippen LogP contribution in [0.3, 0.4) is 0 Å². The molecule has 1 aromatic carbocycles. The van der Waals surface area contributed by atoms with Gasteiger partial charge in [-0.15, -0.1) is 0 Å². The van der Waals surface area contributed by atoms with Gasteiger partial charge in [0.25, 0.3) is 5.71 Å². The average molecular weight is 319 g/mol. The van der Waals surface area contributed by atoms with Gasteiger partial charge in [-0.25, -0.2) is 4.98 Å². The molecule has 0 spiro atoms. The molecule has 0 radical (unpaired) electrons. The summed E-state index contributed by atoms with van der Waals surface area (Å²) < 4.78 is 10.8. The quantitative estimate of drug-likeness (QED) is 0.720. The monoisotopic (exact) mass is 318 g/mol. The number of anilines is 1. The molecule has 3 rings (SSSR count). The summed E-state index contributed by atoms with van der Waals surface area (Å²) in [7, 11) is 1.94. The van der Waals surface area contributed by atoms with E-state index in [1.165, 1.54) is 6.33 Å². The summed E-state index contributed by atoms with van der Waals surface area (Å²) >= 11 is 5.93. The van der Waals surface area contributed by atoms with E-state index in [0.29, 0.717) is 23.9 Å². The van der Waals surface area contributed by atoms with Crippen LogP contribution in [0.5, 0.6) is 5.75 Å². The largest absolute Gasteiger partial charge is 0.492 e. The third-order valence-electron chi connectivity index (χ3n) is 3.28. The first-order valence-corrected chi connectivity index (χ1v) is 7.19. The van der Waals surface area contributed by atoms with E-state index in [2.05, 4.69) is 15.1 Å². The van der Waals surface area contributed by atoms with Gasteiger partial charge in [0, 0.05) is 12.1 Å². The van der Waals surface area contributed by atoms with E-state index < -0.39 is 0 Å². The first kappa shape index (κ1) is 14.6. The first-order valence-electron chi connectivity index (χ1n) is 6.81. The molecule has 2 heterocycles. The van der Waals surface area contributed by atoms with Gasteiger partial charge in [-0.3, -0.25) is 0 Å². The fourth-order valence-corrected chi connectivity index (χ4v) is 2.34. The van der Waals surface area contributed by atoms with Crippen LogP contribution in [-0.4, -0.2) is 35.3 Å². The van der Waals surface area contributed by atoms with Gasteiger partial charge in [-0.05, 0) is 25.1 Å². The topological polar surface area (TPSA) is 64.3 Å². The molecule has 0 fully saturated rings. The molecule has 0 atom stereocenters. The molecule has 2 aromatic heterocycles. The van der Waals surface area contributed by atoms with Crippen LogP contribution >= 0.6 is 11.6 Å². The number of hydrogen-bond donors (Lipinski definition) is 0. The van der Waals surface area contributed by atoms with Crippen molar-refractivity contribution in [3.8, 4) is 5.75 Å². The Labute approximate surface area is 132 Å². The van der Waals surface area contributed by atoms with Gasteiger partial charge >= 0.3 is 0 Å². The lowest BCUT2D eigenvalue weighted by atomic mass is 10.3. The van der Waals surface area contributed by atoms with Crippen LogP contribution < -0.4 is 9.64 Å². The summed E-state index contributed by atoms with van der Waals surface area (Å²) in [6, 6.07) is 7.33. The van der Waals surface area contributed by atoms with Crippen molar-refractivity contribution in [2.75, 3.05) is 25.1 Å². The number of benzene rings is 1. The van der Waals surface area contributed by atoms with E-state index in [0.717, 1.165) is 22.6 Å². The van der Waals surface area contributed by atoms with Crippen LogP contribution in [0.1, 0.15) is 5.69 Å². The van der Waals surface area contributed by atoms with Crippen molar-refractivity contribution < 1.29 is 9.26 Å². The molecule has 0 aliphatic heterocycles. The second-order valence-electron chi connectivity index (χ2n) is 4.87. The summed E-state index contributed by atoms with van der Waals surface area (Å²) in [6.45, 7) is 3.03. The van der Waals surface area contributed by atoms with E-state index in [1.807, 2.05) is 37.1 Å². The van der Waals surface area contributed by atoms with E-state index in [-0.39, 0.29) is 0 Å². The fourth-order valence-electron chi connectivity index (χ4n) is 2.16. The minimum absolute atomic E-state index is 0.491. The molecule has 0 unspecified atom stereocenters. The molecular formula is C15H15ClN4O2. The number of halogens is 1. The Balaban J connectivity index is 1.69. The molecule has 0 aliphatic rings. The normalized spacial score (nSPS) is 10.9. The lowest BCUT2D eigenvalue weighted by Gasteiger charge is -2.18. The Morgan fingerprint density at radius 1 is 1.32 bits per heavy atom. The number of ether oxygens (including phenoxy) is 1. The van der Waals surface area contributed by atoms with Crippen LogP contribution in [0.25, 0.3) is 11.1 Å². The zero-order valence-electron chi connectivity index (χ0n) is 12.3. The smallest absolute Gasteiger partial charge is 0.263 e. The van der Waals surface area contributed by atoms with Crippen molar-refractivity contribution in [1.82, 2.24) is 15.1 Å². The maximum absolute atomic E-state index is 5.93. The molecule has 114 valence electrons. The predicted octanol–water partition coefficient (Wildman–Crippen LogP) is 3.09. The molecule has 0 N–H and O–H groups in total. The second kappa shape index (κ2) is 6.19. The van der Waals surface area contributed by atoms with Gasteiger partial charge in [0.05, 0.1) is 12.2 Å². The third kappa shape index (κ3) is 2.96. The number of aryl methyl sites for hydroxylation is 1. The van der Waals surface area contributed by atoms with Crippen LogP contribution in [0.4, 0.5) is 5.82 Å². The summed E-state index contributed by atoms with van der Waals surface area (Å²) in [6.07, 6.45) is 1.47. The zero-order chi connectivity index (χ0) is 15.5. The molecule has 7 heteroatoms. The van der Waals surface area contributed by atoms with Crippen LogP contribution in [0, 0.1) is 6.92 Å². The minimum atomic E-state index is 0.491. The standard InChI is InChI=1S/C15H15ClN4O2/c1-10-13-14(17-9-18-15(13)22-19-10)20(2)6-7-21-12-5-3-4-11(16)8-12/h3-5,8-9H,6-7H2,1-2H3. The highest BCUT2D eigenvalue weighted by atomic mass is 35.5. The zero-order valence-corrected chi connectivity index (χ0v) is 13.0. The molecule has 0 saturated carbocycles. The van der Waals surface area contributed by atoms with Crippen molar-refractivity contribution in [1.29, 1.82) is 0 Å². The van der Waals surface area contributed by atoms with Crippen molar-refractivity contribution in [3.63, 3.8) is 0 Å². The van der Waals surface area contributed by atoms with Gasteiger partial charge in [0.1, 0.15) is 29.9 Å². The Kier molecular flexibility index (Phi) is 4.11. The number of nitrogens with zero attached hydrogens (tertiary/aromatic N) is 4. The number of hydrogen-bond acceptors (Lipinski definition) is 6. The number of likely N-dealkylation sites (N-methyl/N-ethyl adjacent to an activating group) is 1. The lowest BCUT2D eigenvalue weighted by molar-refractivity contribution is 0.326. The fraction of sp³-hybridized carbons (Fsp3) is 0.267. The maximum Gasteiger partial charge on any atom is 0.263 e. The van der Waals surface area contributed by atoms with E-state index >= 15 is 0 Å². The second-order valence-corrected chi connectivity index (χ2v) is 5.31. The highest BCUT2D eigenvalue weighted by Crippen LogP contribution is 2.24. The number of rotatable bonds is 5. The van der Waals surface area contributed by atoms with Crippen LogP contribution in [-0.2, 0) is 0 Å². The highest BCUT2D eigenvalue weighted by molar-refractivity contribution is 6.30. The molecule has 0 amide bonds. The van der Waals surface area contributed by atoms with Gasteiger partial charge in [-0.1, -0.05) is 22.8 Å². The SMILES string of the molecule is Cc1noc2ncnc(N(C)CCOc3cccc(Cl)c3)c12. The van der Waals surface area contributed by atoms with Crippen molar-refractivity contribution >= 4 is 28.5 Å². The van der Waals surface area contributed by atoms with Gasteiger partial charge < -0.3 is 14.2 Å². The summed E-state index contributed by atoms with van der Waals surface area (Å²) in [5.41, 5.74) is 1.26. The number of aromatic nitrogens is 3. The molecule has 0 bridgehead atoms. The van der Waals surface area contributed by atoms with E-state index in [4.69, 9.17) is 20.9 Å². The molecule has 6 nitrogen and oxygen atoms in total.